The lowest BCUT2D eigenvalue weighted by Gasteiger charge is -2.06. The molecular formula is C10H11BrINO. The van der Waals surface area contributed by atoms with Crippen LogP contribution in [0.3, 0.4) is 0 Å². The van der Waals surface area contributed by atoms with Crippen molar-refractivity contribution in [2.45, 2.75) is 19.8 Å². The molecule has 0 aliphatic carbocycles. The third kappa shape index (κ3) is 3.57. The summed E-state index contributed by atoms with van der Waals surface area (Å²) in [7, 11) is 0. The zero-order chi connectivity index (χ0) is 10.6. The summed E-state index contributed by atoms with van der Waals surface area (Å²) in [5.74, 6) is 0.0766. The largest absolute Gasteiger partial charge is 0.325 e. The number of carbonyl (C=O) groups is 1. The predicted molar refractivity (Wildman–Crippen MR) is 70.4 cm³/mol. The van der Waals surface area contributed by atoms with Crippen LogP contribution >= 0.6 is 38.5 Å². The highest BCUT2D eigenvalue weighted by molar-refractivity contribution is 14.1. The minimum absolute atomic E-state index is 0.0766. The molecule has 0 spiro atoms. The fourth-order valence-electron chi connectivity index (χ4n) is 1.03. The molecule has 0 aromatic heterocycles. The van der Waals surface area contributed by atoms with Crippen molar-refractivity contribution in [1.82, 2.24) is 0 Å². The summed E-state index contributed by atoms with van der Waals surface area (Å²) in [5, 5.41) is 2.87. The summed E-state index contributed by atoms with van der Waals surface area (Å²) >= 11 is 5.58. The van der Waals surface area contributed by atoms with E-state index in [9.17, 15) is 4.79 Å². The molecular weight excluding hydrogens is 357 g/mol. The Hall–Kier alpha value is -0.100. The van der Waals surface area contributed by atoms with Crippen LogP contribution in [0.5, 0.6) is 0 Å². The Kier molecular flexibility index (Phi) is 4.88. The highest BCUT2D eigenvalue weighted by atomic mass is 127. The van der Waals surface area contributed by atoms with Gasteiger partial charge in [-0.1, -0.05) is 22.9 Å². The van der Waals surface area contributed by atoms with E-state index in [2.05, 4.69) is 43.8 Å². The highest BCUT2D eigenvalue weighted by Gasteiger charge is 2.04. The van der Waals surface area contributed by atoms with Gasteiger partial charge in [0, 0.05) is 14.5 Å². The minimum Gasteiger partial charge on any atom is -0.325 e. The zero-order valence-corrected chi connectivity index (χ0v) is 11.6. The van der Waals surface area contributed by atoms with E-state index in [-0.39, 0.29) is 5.91 Å². The molecule has 0 saturated carbocycles. The third-order valence-electron chi connectivity index (χ3n) is 1.68. The first kappa shape index (κ1) is 12.0. The fraction of sp³-hybridized carbons (Fsp3) is 0.300. The first-order valence-corrected chi connectivity index (χ1v) is 6.25. The van der Waals surface area contributed by atoms with Gasteiger partial charge in [-0.25, -0.2) is 0 Å². The van der Waals surface area contributed by atoms with Crippen molar-refractivity contribution < 1.29 is 4.79 Å². The fourth-order valence-corrected chi connectivity index (χ4v) is 2.47. The van der Waals surface area contributed by atoms with Gasteiger partial charge >= 0.3 is 0 Å². The lowest BCUT2D eigenvalue weighted by atomic mass is 10.3. The molecule has 0 atom stereocenters. The first-order valence-electron chi connectivity index (χ1n) is 4.38. The second kappa shape index (κ2) is 5.70. The molecule has 1 amide bonds. The van der Waals surface area contributed by atoms with E-state index in [1.165, 1.54) is 0 Å². The van der Waals surface area contributed by atoms with Crippen LogP contribution in [0.25, 0.3) is 0 Å². The van der Waals surface area contributed by atoms with Crippen molar-refractivity contribution in [2.75, 3.05) is 5.32 Å². The monoisotopic (exact) mass is 367 g/mol. The van der Waals surface area contributed by atoms with E-state index in [0.717, 1.165) is 20.2 Å². The lowest BCUT2D eigenvalue weighted by molar-refractivity contribution is -0.116. The van der Waals surface area contributed by atoms with Gasteiger partial charge in [-0.15, -0.1) is 0 Å². The average molecular weight is 368 g/mol. The number of hydrogen-bond acceptors (Lipinski definition) is 1. The number of carbonyl (C=O) groups excluding carboxylic acids is 1. The third-order valence-corrected chi connectivity index (χ3v) is 3.07. The maximum atomic E-state index is 11.3. The van der Waals surface area contributed by atoms with Gasteiger partial charge in [0.25, 0.3) is 0 Å². The van der Waals surface area contributed by atoms with Gasteiger partial charge in [-0.3, -0.25) is 4.79 Å². The van der Waals surface area contributed by atoms with Crippen molar-refractivity contribution in [1.29, 1.82) is 0 Å². The lowest BCUT2D eigenvalue weighted by Crippen LogP contribution is -2.11. The number of benzene rings is 1. The van der Waals surface area contributed by atoms with Gasteiger partial charge in [-0.05, 0) is 47.2 Å². The molecule has 0 radical (unpaired) electrons. The van der Waals surface area contributed by atoms with Crippen LogP contribution in [0.4, 0.5) is 5.69 Å². The molecule has 2 nitrogen and oxygen atoms in total. The molecule has 0 saturated heterocycles. The van der Waals surface area contributed by atoms with Crippen LogP contribution in [-0.4, -0.2) is 5.91 Å². The number of nitrogens with one attached hydrogen (secondary N) is 1. The molecule has 1 rings (SSSR count). The van der Waals surface area contributed by atoms with Crippen molar-refractivity contribution in [2.24, 2.45) is 0 Å². The second-order valence-corrected chi connectivity index (χ2v) is 5.00. The van der Waals surface area contributed by atoms with E-state index in [1.807, 2.05) is 25.1 Å². The predicted octanol–water partition coefficient (Wildman–Crippen LogP) is 3.79. The number of amides is 1. The van der Waals surface area contributed by atoms with Crippen LogP contribution in [0, 0.1) is 3.57 Å². The second-order valence-electron chi connectivity index (χ2n) is 2.92. The van der Waals surface area contributed by atoms with Crippen molar-refractivity contribution in [3.8, 4) is 0 Å². The van der Waals surface area contributed by atoms with Crippen molar-refractivity contribution in [3.63, 3.8) is 0 Å². The van der Waals surface area contributed by atoms with Crippen molar-refractivity contribution >= 4 is 50.1 Å². The van der Waals surface area contributed by atoms with Gasteiger partial charge < -0.3 is 5.32 Å². The van der Waals surface area contributed by atoms with Gasteiger partial charge in [0.2, 0.25) is 5.91 Å². The topological polar surface area (TPSA) is 29.1 Å². The van der Waals surface area contributed by atoms with E-state index < -0.39 is 0 Å². The number of anilines is 1. The molecule has 1 N–H and O–H groups in total. The van der Waals surface area contributed by atoms with E-state index in [0.29, 0.717) is 6.42 Å². The van der Waals surface area contributed by atoms with E-state index in [4.69, 9.17) is 0 Å². The van der Waals surface area contributed by atoms with Crippen LogP contribution in [0.2, 0.25) is 0 Å². The molecule has 0 fully saturated rings. The molecule has 1 aromatic rings. The Labute approximate surface area is 106 Å². The van der Waals surface area contributed by atoms with Crippen molar-refractivity contribution in [3.05, 3.63) is 26.2 Å². The summed E-state index contributed by atoms with van der Waals surface area (Å²) < 4.78 is 2.07. The summed E-state index contributed by atoms with van der Waals surface area (Å²) in [6.07, 6.45) is 1.45. The summed E-state index contributed by atoms with van der Waals surface area (Å²) in [5.41, 5.74) is 0.882. The van der Waals surface area contributed by atoms with Crippen LogP contribution < -0.4 is 5.32 Å². The minimum atomic E-state index is 0.0766. The quantitative estimate of drug-likeness (QED) is 0.809. The SMILES string of the molecule is CCCC(=O)Nc1ccc(Br)cc1I. The van der Waals surface area contributed by atoms with Crippen LogP contribution in [-0.2, 0) is 4.79 Å². The van der Waals surface area contributed by atoms with Crippen LogP contribution in [0.1, 0.15) is 19.8 Å². The summed E-state index contributed by atoms with van der Waals surface area (Å²) in [6.45, 7) is 1.99. The Morgan fingerprint density at radius 1 is 1.57 bits per heavy atom. The Bertz CT molecular complexity index is 341. The molecule has 76 valence electrons. The standard InChI is InChI=1S/C10H11BrINO/c1-2-3-10(14)13-9-5-4-7(11)6-8(9)12/h4-6H,2-3H2,1H3,(H,13,14). The number of hydrogen-bond donors (Lipinski definition) is 1. The maximum Gasteiger partial charge on any atom is 0.224 e. The molecule has 1 aromatic carbocycles. The van der Waals surface area contributed by atoms with Gasteiger partial charge in [0.05, 0.1) is 5.69 Å². The maximum absolute atomic E-state index is 11.3. The van der Waals surface area contributed by atoms with Gasteiger partial charge in [0.15, 0.2) is 0 Å². The van der Waals surface area contributed by atoms with Crippen LogP contribution in [0.15, 0.2) is 22.7 Å². The van der Waals surface area contributed by atoms with Gasteiger partial charge in [-0.2, -0.15) is 0 Å². The Balaban J connectivity index is 2.72. The molecule has 14 heavy (non-hydrogen) atoms. The Morgan fingerprint density at radius 3 is 2.86 bits per heavy atom. The van der Waals surface area contributed by atoms with E-state index in [1.54, 1.807) is 0 Å². The highest BCUT2D eigenvalue weighted by Crippen LogP contribution is 2.22. The number of halogens is 2. The Morgan fingerprint density at radius 2 is 2.29 bits per heavy atom. The molecule has 0 heterocycles. The molecule has 0 bridgehead atoms. The van der Waals surface area contributed by atoms with E-state index >= 15 is 0 Å². The smallest absolute Gasteiger partial charge is 0.224 e. The zero-order valence-electron chi connectivity index (χ0n) is 7.81. The first-order chi connectivity index (χ1) is 6.63. The molecule has 4 heteroatoms. The molecule has 0 unspecified atom stereocenters. The average Bonchev–Trinajstić information content (AvgIpc) is 2.10. The number of rotatable bonds is 3. The molecule has 0 aliphatic heterocycles. The van der Waals surface area contributed by atoms with Gasteiger partial charge in [0.1, 0.15) is 0 Å². The normalized spacial score (nSPS) is 9.93. The molecule has 0 aliphatic rings. The summed E-state index contributed by atoms with van der Waals surface area (Å²) in [4.78, 5) is 11.3. The summed E-state index contributed by atoms with van der Waals surface area (Å²) in [6, 6.07) is 5.80.